The number of rotatable bonds is 7. The van der Waals surface area contributed by atoms with Gasteiger partial charge in [0.05, 0.1) is 19.4 Å². The molecule has 0 aliphatic carbocycles. The predicted octanol–water partition coefficient (Wildman–Crippen LogP) is 2.03. The van der Waals surface area contributed by atoms with E-state index in [2.05, 4.69) is 17.1 Å². The van der Waals surface area contributed by atoms with Gasteiger partial charge in [0.2, 0.25) is 0 Å². The van der Waals surface area contributed by atoms with Crippen molar-refractivity contribution >= 4 is 5.97 Å². The maximum Gasteiger partial charge on any atom is 0.341 e. The number of nitrogens with one attached hydrogen (secondary N) is 1. The van der Waals surface area contributed by atoms with Gasteiger partial charge in [0.1, 0.15) is 11.3 Å². The zero-order valence-electron chi connectivity index (χ0n) is 12.4. The summed E-state index contributed by atoms with van der Waals surface area (Å²) in [4.78, 5) is 14.3. The molecule has 0 saturated carbocycles. The van der Waals surface area contributed by atoms with Gasteiger partial charge in [-0.1, -0.05) is 6.92 Å². The summed E-state index contributed by atoms with van der Waals surface area (Å²) >= 11 is 0. The van der Waals surface area contributed by atoms with Crippen LogP contribution in [0, 0.1) is 0 Å². The van der Waals surface area contributed by atoms with Crippen molar-refractivity contribution in [1.82, 2.24) is 10.2 Å². The van der Waals surface area contributed by atoms with Crippen LogP contribution in [-0.4, -0.2) is 43.2 Å². The lowest BCUT2D eigenvalue weighted by Crippen LogP contribution is -2.37. The number of ether oxygens (including phenoxy) is 1. The summed E-state index contributed by atoms with van der Waals surface area (Å²) in [7, 11) is 0. The zero-order valence-corrected chi connectivity index (χ0v) is 12.4. The van der Waals surface area contributed by atoms with Crippen molar-refractivity contribution in [2.24, 2.45) is 0 Å². The van der Waals surface area contributed by atoms with Gasteiger partial charge < -0.3 is 14.5 Å². The maximum absolute atomic E-state index is 11.9. The summed E-state index contributed by atoms with van der Waals surface area (Å²) in [5.41, 5.74) is 0.555. The minimum atomic E-state index is -0.294. The lowest BCUT2D eigenvalue weighted by Gasteiger charge is -2.27. The highest BCUT2D eigenvalue weighted by Crippen LogP contribution is 2.18. The fourth-order valence-electron chi connectivity index (χ4n) is 2.67. The number of hydrogen-bond acceptors (Lipinski definition) is 5. The Bertz CT molecular complexity index is 425. The molecule has 112 valence electrons. The molecule has 1 saturated heterocycles. The number of carbonyl (C=O) groups is 1. The highest BCUT2D eigenvalue weighted by molar-refractivity contribution is 5.90. The van der Waals surface area contributed by atoms with Gasteiger partial charge in [0, 0.05) is 12.6 Å². The van der Waals surface area contributed by atoms with E-state index >= 15 is 0 Å². The second-order valence-corrected chi connectivity index (χ2v) is 5.10. The Kier molecular flexibility index (Phi) is 5.61. The van der Waals surface area contributed by atoms with Crippen LogP contribution in [0.2, 0.25) is 0 Å². The predicted molar refractivity (Wildman–Crippen MR) is 76.6 cm³/mol. The van der Waals surface area contributed by atoms with Crippen molar-refractivity contribution in [3.05, 3.63) is 23.7 Å². The molecule has 5 heteroatoms. The molecule has 1 aliphatic heterocycles. The van der Waals surface area contributed by atoms with Crippen LogP contribution < -0.4 is 5.32 Å². The van der Waals surface area contributed by atoms with Gasteiger partial charge in [-0.05, 0) is 38.9 Å². The number of nitrogens with zero attached hydrogens (tertiary/aromatic N) is 1. The molecule has 20 heavy (non-hydrogen) atoms. The van der Waals surface area contributed by atoms with Crippen LogP contribution in [0.5, 0.6) is 0 Å². The molecule has 1 aromatic rings. The highest BCUT2D eigenvalue weighted by Gasteiger charge is 2.25. The Morgan fingerprint density at radius 2 is 2.40 bits per heavy atom. The summed E-state index contributed by atoms with van der Waals surface area (Å²) in [5.74, 6) is 0.418. The van der Waals surface area contributed by atoms with Crippen molar-refractivity contribution in [2.45, 2.75) is 39.3 Å². The van der Waals surface area contributed by atoms with E-state index in [0.29, 0.717) is 30.5 Å². The topological polar surface area (TPSA) is 54.7 Å². The van der Waals surface area contributed by atoms with Crippen LogP contribution in [-0.2, 0) is 11.3 Å². The van der Waals surface area contributed by atoms with Gasteiger partial charge >= 0.3 is 5.97 Å². The molecular formula is C15H24N2O3. The monoisotopic (exact) mass is 280 g/mol. The third-order valence-electron chi connectivity index (χ3n) is 3.65. The average Bonchev–Trinajstić information content (AvgIpc) is 3.09. The van der Waals surface area contributed by atoms with E-state index < -0.39 is 0 Å². The third-order valence-corrected chi connectivity index (χ3v) is 3.65. The Labute approximate surface area is 120 Å². The lowest BCUT2D eigenvalue weighted by molar-refractivity contribution is 0.0521. The molecule has 0 amide bonds. The summed E-state index contributed by atoms with van der Waals surface area (Å²) < 4.78 is 10.6. The summed E-state index contributed by atoms with van der Waals surface area (Å²) in [5, 5.41) is 3.38. The van der Waals surface area contributed by atoms with Gasteiger partial charge in [-0.15, -0.1) is 0 Å². The van der Waals surface area contributed by atoms with Crippen molar-refractivity contribution in [1.29, 1.82) is 0 Å². The van der Waals surface area contributed by atoms with Gasteiger partial charge in [0.15, 0.2) is 0 Å². The fraction of sp³-hybridized carbons (Fsp3) is 0.667. The molecular weight excluding hydrogens is 256 g/mol. The van der Waals surface area contributed by atoms with E-state index in [4.69, 9.17) is 9.15 Å². The number of esters is 1. The molecule has 2 heterocycles. The quantitative estimate of drug-likeness (QED) is 0.775. The molecule has 1 aliphatic rings. The van der Waals surface area contributed by atoms with E-state index in [0.717, 1.165) is 32.5 Å². The smallest absolute Gasteiger partial charge is 0.341 e. The minimum Gasteiger partial charge on any atom is -0.467 e. The molecule has 0 radical (unpaired) electrons. The van der Waals surface area contributed by atoms with Gasteiger partial charge in [-0.2, -0.15) is 0 Å². The molecule has 0 bridgehead atoms. The van der Waals surface area contributed by atoms with E-state index in [1.165, 1.54) is 0 Å². The first-order valence-corrected chi connectivity index (χ1v) is 7.44. The standard InChI is InChI=1S/C15H24N2O3/c1-3-8-17(12-5-7-16-10-12)11-14-13(6-9-20-14)15(18)19-4-2/h6,9,12,16H,3-5,7-8,10-11H2,1-2H3. The summed E-state index contributed by atoms with van der Waals surface area (Å²) in [6, 6.07) is 2.22. The Morgan fingerprint density at radius 1 is 1.55 bits per heavy atom. The minimum absolute atomic E-state index is 0.294. The zero-order chi connectivity index (χ0) is 14.4. The van der Waals surface area contributed by atoms with Crippen molar-refractivity contribution in [3.8, 4) is 0 Å². The first-order chi connectivity index (χ1) is 9.76. The van der Waals surface area contributed by atoms with E-state index in [-0.39, 0.29) is 5.97 Å². The van der Waals surface area contributed by atoms with Crippen LogP contribution in [0.15, 0.2) is 16.7 Å². The van der Waals surface area contributed by atoms with E-state index in [1.54, 1.807) is 12.3 Å². The number of hydrogen-bond donors (Lipinski definition) is 1. The number of furan rings is 1. The van der Waals surface area contributed by atoms with Gasteiger partial charge in [-0.3, -0.25) is 4.90 Å². The van der Waals surface area contributed by atoms with Crippen LogP contribution in [0.4, 0.5) is 0 Å². The van der Waals surface area contributed by atoms with Crippen LogP contribution >= 0.6 is 0 Å². The first-order valence-electron chi connectivity index (χ1n) is 7.44. The first kappa shape index (κ1) is 15.1. The van der Waals surface area contributed by atoms with E-state index in [9.17, 15) is 4.79 Å². The maximum atomic E-state index is 11.9. The van der Waals surface area contributed by atoms with Crippen LogP contribution in [0.25, 0.3) is 0 Å². The lowest BCUT2D eigenvalue weighted by atomic mass is 10.1. The Morgan fingerprint density at radius 3 is 3.05 bits per heavy atom. The summed E-state index contributed by atoms with van der Waals surface area (Å²) in [6.07, 6.45) is 3.81. The van der Waals surface area contributed by atoms with E-state index in [1.807, 2.05) is 6.92 Å². The largest absolute Gasteiger partial charge is 0.467 e. The second-order valence-electron chi connectivity index (χ2n) is 5.10. The average molecular weight is 280 g/mol. The Hall–Kier alpha value is -1.33. The van der Waals surface area contributed by atoms with Crippen LogP contribution in [0.1, 0.15) is 42.8 Å². The molecule has 1 N–H and O–H groups in total. The van der Waals surface area contributed by atoms with Crippen molar-refractivity contribution in [2.75, 3.05) is 26.2 Å². The number of carbonyl (C=O) groups excluding carboxylic acids is 1. The molecule has 0 spiro atoms. The van der Waals surface area contributed by atoms with Gasteiger partial charge in [0.25, 0.3) is 0 Å². The highest BCUT2D eigenvalue weighted by atomic mass is 16.5. The third kappa shape index (κ3) is 3.61. The van der Waals surface area contributed by atoms with Crippen molar-refractivity contribution < 1.29 is 13.9 Å². The summed E-state index contributed by atoms with van der Waals surface area (Å²) in [6.45, 7) is 8.11. The van der Waals surface area contributed by atoms with Gasteiger partial charge in [-0.25, -0.2) is 4.79 Å². The van der Waals surface area contributed by atoms with Crippen molar-refractivity contribution in [3.63, 3.8) is 0 Å². The molecule has 1 atom stereocenters. The normalized spacial score (nSPS) is 18.6. The molecule has 2 rings (SSSR count). The molecule has 1 unspecified atom stereocenters. The Balaban J connectivity index is 2.06. The SMILES string of the molecule is CCCN(Cc1occc1C(=O)OCC)C1CCNC1. The molecule has 1 aromatic heterocycles. The fourth-order valence-corrected chi connectivity index (χ4v) is 2.67. The second kappa shape index (κ2) is 7.45. The molecule has 5 nitrogen and oxygen atoms in total. The van der Waals surface area contributed by atoms with Crippen LogP contribution in [0.3, 0.4) is 0 Å². The molecule has 1 fully saturated rings. The molecule has 0 aromatic carbocycles.